The number of rotatable bonds is 5. The van der Waals surface area contributed by atoms with Crippen LogP contribution >= 0.6 is 11.3 Å². The van der Waals surface area contributed by atoms with Crippen LogP contribution in [-0.2, 0) is 6.54 Å². The Balaban J connectivity index is 2.46. The van der Waals surface area contributed by atoms with E-state index in [1.165, 1.54) is 5.69 Å². The second-order valence-corrected chi connectivity index (χ2v) is 5.73. The second kappa shape index (κ2) is 5.05. The molecule has 1 aromatic heterocycles. The Morgan fingerprint density at radius 2 is 2.20 bits per heavy atom. The van der Waals surface area contributed by atoms with Gasteiger partial charge in [0.25, 0.3) is 0 Å². The minimum atomic E-state index is 0.153. The van der Waals surface area contributed by atoms with E-state index in [9.17, 15) is 0 Å². The highest BCUT2D eigenvalue weighted by atomic mass is 32.1. The van der Waals surface area contributed by atoms with E-state index in [0.717, 1.165) is 18.1 Å². The zero-order valence-electron chi connectivity index (χ0n) is 10.3. The Labute approximate surface area is 96.5 Å². The number of aryl methyl sites for hydroxylation is 1. The van der Waals surface area contributed by atoms with Gasteiger partial charge in [-0.05, 0) is 34.9 Å². The smallest absolute Gasteiger partial charge is 0.0897 e. The maximum Gasteiger partial charge on any atom is 0.0897 e. The van der Waals surface area contributed by atoms with Gasteiger partial charge in [0.1, 0.15) is 0 Å². The molecule has 0 aliphatic rings. The van der Waals surface area contributed by atoms with Gasteiger partial charge in [0, 0.05) is 24.0 Å². The molecule has 3 nitrogen and oxygen atoms in total. The van der Waals surface area contributed by atoms with Crippen LogP contribution in [0.25, 0.3) is 0 Å². The third-order valence-corrected chi connectivity index (χ3v) is 3.26. The summed E-state index contributed by atoms with van der Waals surface area (Å²) in [4.78, 5) is 6.76. The lowest BCUT2D eigenvalue weighted by atomic mass is 10.1. The summed E-state index contributed by atoms with van der Waals surface area (Å²) >= 11 is 1.72. The minimum absolute atomic E-state index is 0.153. The first-order valence-electron chi connectivity index (χ1n) is 5.21. The van der Waals surface area contributed by atoms with Crippen LogP contribution in [0.5, 0.6) is 0 Å². The largest absolute Gasteiger partial charge is 0.314 e. The van der Waals surface area contributed by atoms with Gasteiger partial charge in [-0.15, -0.1) is 11.3 Å². The monoisotopic (exact) mass is 227 g/mol. The summed E-state index contributed by atoms with van der Waals surface area (Å²) in [5.74, 6) is 0. The number of aromatic nitrogens is 1. The molecule has 0 saturated carbocycles. The van der Waals surface area contributed by atoms with Gasteiger partial charge in [0.05, 0.1) is 10.7 Å². The number of nitrogens with zero attached hydrogens (tertiary/aromatic N) is 2. The van der Waals surface area contributed by atoms with Crippen LogP contribution < -0.4 is 5.32 Å². The molecule has 0 aromatic carbocycles. The Morgan fingerprint density at radius 1 is 1.53 bits per heavy atom. The number of hydrogen-bond acceptors (Lipinski definition) is 4. The van der Waals surface area contributed by atoms with Crippen LogP contribution in [0.1, 0.15) is 24.5 Å². The van der Waals surface area contributed by atoms with E-state index >= 15 is 0 Å². The Hall–Kier alpha value is -0.450. The summed E-state index contributed by atoms with van der Waals surface area (Å²) in [6.45, 7) is 8.40. The summed E-state index contributed by atoms with van der Waals surface area (Å²) in [5, 5.41) is 6.59. The number of thiazole rings is 1. The van der Waals surface area contributed by atoms with E-state index in [0.29, 0.717) is 0 Å². The molecule has 0 spiro atoms. The van der Waals surface area contributed by atoms with Crippen molar-refractivity contribution in [2.24, 2.45) is 0 Å². The normalized spacial score (nSPS) is 12.4. The minimum Gasteiger partial charge on any atom is -0.314 e. The molecule has 86 valence electrons. The standard InChI is InChI=1S/C11H21N3S/c1-9-13-10(7-15-9)6-14(5)8-11(2,3)12-4/h7,12H,6,8H2,1-5H3. The van der Waals surface area contributed by atoms with Crippen molar-refractivity contribution in [1.29, 1.82) is 0 Å². The van der Waals surface area contributed by atoms with Gasteiger partial charge >= 0.3 is 0 Å². The molecule has 1 rings (SSSR count). The second-order valence-electron chi connectivity index (χ2n) is 4.66. The molecule has 0 bridgehead atoms. The van der Waals surface area contributed by atoms with E-state index in [1.807, 2.05) is 14.0 Å². The summed E-state index contributed by atoms with van der Waals surface area (Å²) in [6.07, 6.45) is 0. The Morgan fingerprint density at radius 3 is 2.67 bits per heavy atom. The highest BCUT2D eigenvalue weighted by Crippen LogP contribution is 2.11. The van der Waals surface area contributed by atoms with Gasteiger partial charge in [-0.1, -0.05) is 0 Å². The topological polar surface area (TPSA) is 28.2 Å². The third-order valence-electron chi connectivity index (χ3n) is 2.44. The summed E-state index contributed by atoms with van der Waals surface area (Å²) in [6, 6.07) is 0. The van der Waals surface area contributed by atoms with Gasteiger partial charge in [-0.25, -0.2) is 4.98 Å². The quantitative estimate of drug-likeness (QED) is 0.832. The van der Waals surface area contributed by atoms with E-state index in [1.54, 1.807) is 11.3 Å². The molecule has 15 heavy (non-hydrogen) atoms. The van der Waals surface area contributed by atoms with Crippen molar-refractivity contribution in [3.05, 3.63) is 16.1 Å². The highest BCUT2D eigenvalue weighted by molar-refractivity contribution is 7.09. The van der Waals surface area contributed by atoms with Crippen LogP contribution in [0.2, 0.25) is 0 Å². The lowest BCUT2D eigenvalue weighted by Gasteiger charge is -2.29. The molecule has 0 saturated heterocycles. The predicted octanol–water partition coefficient (Wildman–Crippen LogP) is 1.88. The van der Waals surface area contributed by atoms with Crippen molar-refractivity contribution in [3.8, 4) is 0 Å². The first-order chi connectivity index (χ1) is 6.93. The van der Waals surface area contributed by atoms with Crippen molar-refractivity contribution in [2.75, 3.05) is 20.6 Å². The maximum absolute atomic E-state index is 4.46. The van der Waals surface area contributed by atoms with Crippen LogP contribution in [0.4, 0.5) is 0 Å². The zero-order valence-corrected chi connectivity index (χ0v) is 11.1. The highest BCUT2D eigenvalue weighted by Gasteiger charge is 2.17. The van der Waals surface area contributed by atoms with Crippen LogP contribution in [0, 0.1) is 6.92 Å². The van der Waals surface area contributed by atoms with Gasteiger partial charge < -0.3 is 5.32 Å². The number of nitrogens with one attached hydrogen (secondary N) is 1. The van der Waals surface area contributed by atoms with Gasteiger partial charge in [-0.2, -0.15) is 0 Å². The SMILES string of the molecule is CNC(C)(C)CN(C)Cc1csc(C)n1. The molecule has 0 aliphatic carbocycles. The summed E-state index contributed by atoms with van der Waals surface area (Å²) in [7, 11) is 4.13. The van der Waals surface area contributed by atoms with Crippen LogP contribution in [0.15, 0.2) is 5.38 Å². The van der Waals surface area contributed by atoms with Crippen molar-refractivity contribution in [1.82, 2.24) is 15.2 Å². The molecular weight excluding hydrogens is 206 g/mol. The molecule has 4 heteroatoms. The Bertz CT molecular complexity index is 307. The fraction of sp³-hybridized carbons (Fsp3) is 0.727. The lowest BCUT2D eigenvalue weighted by Crippen LogP contribution is -2.46. The fourth-order valence-electron chi connectivity index (χ4n) is 1.57. The third kappa shape index (κ3) is 4.28. The van der Waals surface area contributed by atoms with E-state index in [2.05, 4.69) is 41.5 Å². The average Bonchev–Trinajstić information content (AvgIpc) is 2.50. The van der Waals surface area contributed by atoms with Crippen molar-refractivity contribution in [2.45, 2.75) is 32.9 Å². The van der Waals surface area contributed by atoms with Gasteiger partial charge in [-0.3, -0.25) is 4.90 Å². The summed E-state index contributed by atoms with van der Waals surface area (Å²) in [5.41, 5.74) is 1.33. The first kappa shape index (κ1) is 12.6. The number of hydrogen-bond donors (Lipinski definition) is 1. The van der Waals surface area contributed by atoms with E-state index < -0.39 is 0 Å². The maximum atomic E-state index is 4.46. The zero-order chi connectivity index (χ0) is 11.5. The number of likely N-dealkylation sites (N-methyl/N-ethyl adjacent to an activating group) is 2. The first-order valence-corrected chi connectivity index (χ1v) is 6.09. The molecule has 1 aromatic rings. The van der Waals surface area contributed by atoms with Crippen molar-refractivity contribution >= 4 is 11.3 Å². The molecule has 0 fully saturated rings. The van der Waals surface area contributed by atoms with E-state index in [-0.39, 0.29) is 5.54 Å². The molecule has 0 radical (unpaired) electrons. The van der Waals surface area contributed by atoms with Crippen LogP contribution in [0.3, 0.4) is 0 Å². The van der Waals surface area contributed by atoms with E-state index in [4.69, 9.17) is 0 Å². The van der Waals surface area contributed by atoms with Gasteiger partial charge in [0.2, 0.25) is 0 Å². The molecule has 1 heterocycles. The molecule has 0 unspecified atom stereocenters. The molecular formula is C11H21N3S. The summed E-state index contributed by atoms with van der Waals surface area (Å²) < 4.78 is 0. The fourth-order valence-corrected chi connectivity index (χ4v) is 2.17. The van der Waals surface area contributed by atoms with Crippen molar-refractivity contribution in [3.63, 3.8) is 0 Å². The van der Waals surface area contributed by atoms with Gasteiger partial charge in [0.15, 0.2) is 0 Å². The Kier molecular flexibility index (Phi) is 4.25. The predicted molar refractivity (Wildman–Crippen MR) is 66.3 cm³/mol. The van der Waals surface area contributed by atoms with Crippen molar-refractivity contribution < 1.29 is 0 Å². The molecule has 1 N–H and O–H groups in total. The van der Waals surface area contributed by atoms with Crippen LogP contribution in [-0.4, -0.2) is 36.1 Å². The molecule has 0 atom stereocenters. The molecule has 0 amide bonds. The lowest BCUT2D eigenvalue weighted by molar-refractivity contribution is 0.236. The average molecular weight is 227 g/mol. The molecule has 0 aliphatic heterocycles.